The Labute approximate surface area is 135 Å². The Bertz CT molecular complexity index is 617. The average molecular weight is 378 g/mol. The average Bonchev–Trinajstić information content (AvgIpc) is 2.38. The van der Waals surface area contributed by atoms with Gasteiger partial charge in [0.2, 0.25) is 0 Å². The highest BCUT2D eigenvalue weighted by Crippen LogP contribution is 2.33. The minimum Gasteiger partial charge on any atom is -0.488 e. The summed E-state index contributed by atoms with van der Waals surface area (Å²) in [5.74, 6) is 0.299. The first-order valence-electron chi connectivity index (χ1n) is 5.97. The van der Waals surface area contributed by atoms with Gasteiger partial charge in [-0.1, -0.05) is 45.2 Å². The van der Waals surface area contributed by atoms with Crippen LogP contribution in [0.4, 0.5) is 4.39 Å². The van der Waals surface area contributed by atoms with Crippen LogP contribution in [0.2, 0.25) is 10.0 Å². The minimum atomic E-state index is -0.375. The number of rotatable bonds is 4. The lowest BCUT2D eigenvalue weighted by Gasteiger charge is -2.14. The van der Waals surface area contributed by atoms with Crippen molar-refractivity contribution in [3.05, 3.63) is 63.4 Å². The topological polar surface area (TPSA) is 9.23 Å². The Morgan fingerprint density at radius 3 is 2.45 bits per heavy atom. The van der Waals surface area contributed by atoms with Gasteiger partial charge in [0, 0.05) is 26.0 Å². The van der Waals surface area contributed by atoms with Crippen LogP contribution >= 0.6 is 39.1 Å². The summed E-state index contributed by atoms with van der Waals surface area (Å²) in [6, 6.07) is 9.88. The maximum Gasteiger partial charge on any atom is 0.131 e. The molecule has 0 amide bonds. The fraction of sp³-hybridized carbons (Fsp3) is 0.200. The monoisotopic (exact) mass is 376 g/mol. The molecule has 2 rings (SSSR count). The van der Waals surface area contributed by atoms with Gasteiger partial charge in [0.25, 0.3) is 0 Å². The fourth-order valence-electron chi connectivity index (χ4n) is 1.76. The first-order chi connectivity index (χ1) is 9.47. The molecule has 0 saturated heterocycles. The summed E-state index contributed by atoms with van der Waals surface area (Å²) in [5.41, 5.74) is 1.38. The van der Waals surface area contributed by atoms with Crippen LogP contribution in [0.3, 0.4) is 0 Å². The third kappa shape index (κ3) is 3.87. The number of ether oxygens (including phenoxy) is 1. The van der Waals surface area contributed by atoms with Crippen molar-refractivity contribution in [2.75, 3.05) is 0 Å². The number of halogens is 4. The second kappa shape index (κ2) is 6.79. The highest BCUT2D eigenvalue weighted by atomic mass is 79.9. The summed E-state index contributed by atoms with van der Waals surface area (Å²) in [5, 5.41) is 1.00. The zero-order valence-corrected chi connectivity index (χ0v) is 13.8. The molecule has 0 aliphatic carbocycles. The van der Waals surface area contributed by atoms with E-state index in [-0.39, 0.29) is 17.3 Å². The van der Waals surface area contributed by atoms with Crippen LogP contribution in [0, 0.1) is 5.82 Å². The maximum atomic E-state index is 13.7. The van der Waals surface area contributed by atoms with E-state index in [1.165, 1.54) is 6.07 Å². The molecule has 106 valence electrons. The molecule has 20 heavy (non-hydrogen) atoms. The summed E-state index contributed by atoms with van der Waals surface area (Å²) in [6.07, 6.45) is 0. The van der Waals surface area contributed by atoms with Crippen molar-refractivity contribution in [1.82, 2.24) is 0 Å². The molecular formula is C15H12BrCl2FO. The van der Waals surface area contributed by atoms with E-state index in [1.54, 1.807) is 24.3 Å². The maximum absolute atomic E-state index is 13.7. The molecule has 0 N–H and O–H groups in total. The molecule has 0 fully saturated rings. The van der Waals surface area contributed by atoms with Crippen LogP contribution in [-0.2, 0) is 6.61 Å². The summed E-state index contributed by atoms with van der Waals surface area (Å²) >= 11 is 15.2. The lowest BCUT2D eigenvalue weighted by Crippen LogP contribution is -2.01. The van der Waals surface area contributed by atoms with Crippen molar-refractivity contribution in [2.45, 2.75) is 18.4 Å². The highest BCUT2D eigenvalue weighted by Gasteiger charge is 2.11. The first-order valence-corrected chi connectivity index (χ1v) is 7.65. The van der Waals surface area contributed by atoms with Gasteiger partial charge in [0.15, 0.2) is 0 Å². The lowest BCUT2D eigenvalue weighted by molar-refractivity contribution is 0.297. The second-order valence-corrected chi connectivity index (χ2v) is 6.57. The summed E-state index contributed by atoms with van der Waals surface area (Å²) in [7, 11) is 0. The van der Waals surface area contributed by atoms with Crippen LogP contribution in [0.25, 0.3) is 0 Å². The van der Waals surface area contributed by atoms with E-state index in [0.717, 1.165) is 5.56 Å². The van der Waals surface area contributed by atoms with Crippen molar-refractivity contribution >= 4 is 39.1 Å². The van der Waals surface area contributed by atoms with Gasteiger partial charge in [0.1, 0.15) is 18.2 Å². The van der Waals surface area contributed by atoms with Gasteiger partial charge in [-0.05, 0) is 37.3 Å². The van der Waals surface area contributed by atoms with E-state index >= 15 is 0 Å². The van der Waals surface area contributed by atoms with Gasteiger partial charge < -0.3 is 4.74 Å². The molecule has 0 heterocycles. The van der Waals surface area contributed by atoms with Gasteiger partial charge in [-0.3, -0.25) is 0 Å². The smallest absolute Gasteiger partial charge is 0.131 e. The predicted octanol–water partition coefficient (Wildman–Crippen LogP) is 6.17. The van der Waals surface area contributed by atoms with Gasteiger partial charge in [-0.25, -0.2) is 4.39 Å². The Kier molecular flexibility index (Phi) is 5.30. The Morgan fingerprint density at radius 1 is 1.15 bits per heavy atom. The largest absolute Gasteiger partial charge is 0.488 e. The molecule has 1 unspecified atom stereocenters. The fourth-order valence-corrected chi connectivity index (χ4v) is 2.45. The third-order valence-electron chi connectivity index (χ3n) is 2.80. The number of benzene rings is 2. The second-order valence-electron chi connectivity index (χ2n) is 4.32. The predicted molar refractivity (Wildman–Crippen MR) is 84.5 cm³/mol. The molecule has 0 aliphatic rings. The molecule has 0 aromatic heterocycles. The van der Waals surface area contributed by atoms with Crippen LogP contribution < -0.4 is 4.74 Å². The molecule has 0 aliphatic heterocycles. The van der Waals surface area contributed by atoms with Crippen molar-refractivity contribution < 1.29 is 9.13 Å². The van der Waals surface area contributed by atoms with E-state index in [9.17, 15) is 4.39 Å². The van der Waals surface area contributed by atoms with Gasteiger partial charge in [-0.15, -0.1) is 0 Å². The van der Waals surface area contributed by atoms with E-state index in [4.69, 9.17) is 27.9 Å². The lowest BCUT2D eigenvalue weighted by atomic mass is 10.1. The van der Waals surface area contributed by atoms with Crippen LogP contribution in [0.15, 0.2) is 36.4 Å². The van der Waals surface area contributed by atoms with Crippen molar-refractivity contribution in [3.8, 4) is 5.75 Å². The first kappa shape index (κ1) is 15.6. The van der Waals surface area contributed by atoms with Crippen LogP contribution in [0.1, 0.15) is 22.9 Å². The van der Waals surface area contributed by atoms with E-state index in [2.05, 4.69) is 15.9 Å². The van der Waals surface area contributed by atoms with Crippen molar-refractivity contribution in [2.24, 2.45) is 0 Å². The number of hydrogen-bond donors (Lipinski definition) is 0. The normalized spacial score (nSPS) is 12.2. The summed E-state index contributed by atoms with van der Waals surface area (Å²) in [4.78, 5) is 0.0891. The van der Waals surface area contributed by atoms with Gasteiger partial charge in [0.05, 0.1) is 0 Å². The molecule has 2 aromatic carbocycles. The molecule has 0 radical (unpaired) electrons. The van der Waals surface area contributed by atoms with Crippen molar-refractivity contribution in [1.29, 1.82) is 0 Å². The molecule has 0 bridgehead atoms. The quantitative estimate of drug-likeness (QED) is 0.579. The highest BCUT2D eigenvalue weighted by molar-refractivity contribution is 9.09. The van der Waals surface area contributed by atoms with Crippen LogP contribution in [-0.4, -0.2) is 0 Å². The standard InChI is InChI=1S/C15H12BrCl2FO/c1-9(16)13-6-11(17)4-5-15(13)20-8-10-2-3-12(18)7-14(10)19/h2-7,9H,8H2,1H3. The Morgan fingerprint density at radius 2 is 1.80 bits per heavy atom. The zero-order valence-electron chi connectivity index (χ0n) is 10.7. The van der Waals surface area contributed by atoms with E-state index in [1.807, 2.05) is 13.0 Å². The molecule has 1 atom stereocenters. The Hall–Kier alpha value is -0.770. The van der Waals surface area contributed by atoms with Gasteiger partial charge >= 0.3 is 0 Å². The molecular weight excluding hydrogens is 366 g/mol. The zero-order chi connectivity index (χ0) is 14.7. The van der Waals surface area contributed by atoms with E-state index in [0.29, 0.717) is 21.4 Å². The summed E-state index contributed by atoms with van der Waals surface area (Å²) < 4.78 is 19.4. The third-order valence-corrected chi connectivity index (χ3v) is 3.76. The SMILES string of the molecule is CC(Br)c1cc(Cl)ccc1OCc1ccc(Cl)cc1F. The molecule has 0 spiro atoms. The van der Waals surface area contributed by atoms with Crippen LogP contribution in [0.5, 0.6) is 5.75 Å². The molecule has 2 aromatic rings. The number of hydrogen-bond acceptors (Lipinski definition) is 1. The Balaban J connectivity index is 2.18. The number of alkyl halides is 1. The van der Waals surface area contributed by atoms with Crippen molar-refractivity contribution in [3.63, 3.8) is 0 Å². The molecule has 0 saturated carbocycles. The van der Waals surface area contributed by atoms with Gasteiger partial charge in [-0.2, -0.15) is 0 Å². The molecule has 1 nitrogen and oxygen atoms in total. The van der Waals surface area contributed by atoms with E-state index < -0.39 is 0 Å². The summed E-state index contributed by atoms with van der Waals surface area (Å²) in [6.45, 7) is 2.11. The minimum absolute atomic E-state index is 0.0891. The molecule has 5 heteroatoms.